The first-order chi connectivity index (χ1) is 26.0. The number of para-hydroxylation sites is 2. The van der Waals surface area contributed by atoms with E-state index in [0.717, 1.165) is 22.3 Å². The Hall–Kier alpha value is -5.12. The van der Waals surface area contributed by atoms with Gasteiger partial charge in [-0.25, -0.2) is 0 Å². The summed E-state index contributed by atoms with van der Waals surface area (Å²) in [6, 6.07) is 48.2. The van der Waals surface area contributed by atoms with Crippen molar-refractivity contribution in [3.63, 3.8) is 0 Å². The van der Waals surface area contributed by atoms with Crippen LogP contribution in [-0.2, 0) is 23.3 Å². The van der Waals surface area contributed by atoms with Gasteiger partial charge in [0, 0.05) is 11.1 Å². The van der Waals surface area contributed by atoms with E-state index in [1.54, 1.807) is 18.2 Å². The number of rotatable bonds is 9. The molecular formula is C48H53MoNO4. The summed E-state index contributed by atoms with van der Waals surface area (Å²) in [7, 11) is 2.99. The van der Waals surface area contributed by atoms with Gasteiger partial charge in [0.2, 0.25) is 5.75 Å². The van der Waals surface area contributed by atoms with Crippen LogP contribution >= 0.6 is 0 Å². The van der Waals surface area contributed by atoms with E-state index in [0.29, 0.717) is 29.1 Å². The summed E-state index contributed by atoms with van der Waals surface area (Å²) in [6.07, 6.45) is 0. The minimum atomic E-state index is -0.553. The quantitative estimate of drug-likeness (QED) is 0.143. The summed E-state index contributed by atoms with van der Waals surface area (Å²) in [4.78, 5) is 0. The number of benzene rings is 6. The predicted octanol–water partition coefficient (Wildman–Crippen LogP) is 12.7. The van der Waals surface area contributed by atoms with Gasteiger partial charge in [-0.3, -0.25) is 0 Å². The normalized spacial score (nSPS) is 10.7. The van der Waals surface area contributed by atoms with E-state index >= 15 is 0 Å². The number of phenolic OH excluding ortho intramolecular Hbond substituents is 2. The molecule has 0 unspecified atom stereocenters. The smallest absolute Gasteiger partial charge is 0.200 e. The summed E-state index contributed by atoms with van der Waals surface area (Å²) >= 11 is -0.553. The molecule has 0 aromatic heterocycles. The Balaban J connectivity index is 0.000000193. The van der Waals surface area contributed by atoms with Crippen molar-refractivity contribution in [3.05, 3.63) is 162 Å². The zero-order chi connectivity index (χ0) is 39.1. The zero-order valence-electron chi connectivity index (χ0n) is 32.7. The monoisotopic (exact) mass is 805 g/mol. The molecule has 0 radical (unpaired) electrons. The Morgan fingerprint density at radius 3 is 1.37 bits per heavy atom. The molecule has 0 atom stereocenters. The summed E-state index contributed by atoms with van der Waals surface area (Å²) in [5.41, 5.74) is 9.25. The molecule has 0 saturated carbocycles. The van der Waals surface area contributed by atoms with Gasteiger partial charge in [-0.15, -0.1) is 0 Å². The number of methoxy groups -OCH3 is 2. The second kappa shape index (κ2) is 20.4. The summed E-state index contributed by atoms with van der Waals surface area (Å²) in [5.74, 6) is 2.24. The van der Waals surface area contributed by atoms with Gasteiger partial charge in [-0.2, -0.15) is 0 Å². The van der Waals surface area contributed by atoms with Crippen LogP contribution in [0.5, 0.6) is 23.0 Å². The fraction of sp³-hybridized carbons (Fsp3) is 0.229. The topological polar surface area (TPSA) is 71.3 Å². The maximum atomic E-state index is 10.5. The fourth-order valence-corrected chi connectivity index (χ4v) is 7.73. The van der Waals surface area contributed by atoms with Crippen molar-refractivity contribution in [3.8, 4) is 45.3 Å². The van der Waals surface area contributed by atoms with Crippen molar-refractivity contribution in [2.24, 2.45) is 3.50 Å². The molecule has 0 heterocycles. The molecule has 6 aromatic carbocycles. The molecule has 2 N–H and O–H groups in total. The molecule has 6 rings (SSSR count). The third kappa shape index (κ3) is 11.2. The summed E-state index contributed by atoms with van der Waals surface area (Å²) in [6.45, 7) is 13.6. The van der Waals surface area contributed by atoms with Crippen molar-refractivity contribution in [1.29, 1.82) is 0 Å². The van der Waals surface area contributed by atoms with Crippen molar-refractivity contribution in [2.75, 3.05) is 14.2 Å². The fourth-order valence-electron chi connectivity index (χ4n) is 5.84. The Morgan fingerprint density at radius 2 is 0.944 bits per heavy atom. The molecule has 0 fully saturated rings. The molecule has 0 aliphatic rings. The molecule has 0 aliphatic carbocycles. The Bertz CT molecular complexity index is 2020. The van der Waals surface area contributed by atoms with E-state index in [1.165, 1.54) is 36.6 Å². The molecule has 0 bridgehead atoms. The van der Waals surface area contributed by atoms with Gasteiger partial charge in [-0.1, -0.05) is 84.9 Å². The number of hydrogen-bond donors (Lipinski definition) is 2. The predicted molar refractivity (Wildman–Crippen MR) is 222 cm³/mol. The van der Waals surface area contributed by atoms with Gasteiger partial charge in [0.25, 0.3) is 0 Å². The van der Waals surface area contributed by atoms with Crippen molar-refractivity contribution < 1.29 is 37.6 Å². The molecule has 54 heavy (non-hydrogen) atoms. The van der Waals surface area contributed by atoms with Gasteiger partial charge in [0.1, 0.15) is 5.75 Å². The molecule has 6 aromatic rings. The molecule has 6 heteroatoms. The van der Waals surface area contributed by atoms with Crippen LogP contribution in [0.3, 0.4) is 0 Å². The van der Waals surface area contributed by atoms with E-state index < -0.39 is 17.9 Å². The Labute approximate surface area is 330 Å². The molecular weight excluding hydrogens is 750 g/mol. The van der Waals surface area contributed by atoms with Crippen LogP contribution in [0.2, 0.25) is 0 Å². The molecule has 0 aliphatic heterocycles. The molecule has 0 amide bonds. The van der Waals surface area contributed by atoms with Crippen LogP contribution in [0, 0.1) is 0 Å². The minimum absolute atomic E-state index is 0.0394. The van der Waals surface area contributed by atoms with Crippen LogP contribution in [-0.4, -0.2) is 28.8 Å². The third-order valence-electron chi connectivity index (χ3n) is 8.96. The van der Waals surface area contributed by atoms with Gasteiger partial charge in [0.05, 0.1) is 14.2 Å². The first-order valence-corrected chi connectivity index (χ1v) is 20.3. The average molecular weight is 804 g/mol. The second-order valence-corrected chi connectivity index (χ2v) is 15.5. The van der Waals surface area contributed by atoms with E-state index in [4.69, 9.17) is 13.0 Å². The van der Waals surface area contributed by atoms with Crippen LogP contribution in [0.4, 0.5) is 5.69 Å². The van der Waals surface area contributed by atoms with E-state index in [2.05, 4.69) is 94.5 Å². The standard InChI is InChI=1S/C18H14O.C12H17N.C10H12.C8H10O3.Mo/c19-18-16(14-8-3-1-4-9-14)12-7-13-17(18)15-10-5-2-6-11-15;1-8(2)10-6-5-7-11(9(3)4)12(10)13;1-10(2,3)9-7-5-4-6-8-9;1-10-6-4-3-5-7(11-2)8(6)9;/h1-13,19H;5-9H,1-4H3;1,4-8H,2-3H3;3-5,9H,1-2H3;. The molecule has 5 nitrogen and oxygen atoms in total. The molecule has 0 spiro atoms. The Kier molecular flexibility index (Phi) is 15.7. The minimum Gasteiger partial charge on any atom is -0.507 e. The van der Waals surface area contributed by atoms with Crippen LogP contribution in [0.1, 0.15) is 70.1 Å². The average Bonchev–Trinajstić information content (AvgIpc) is 3.19. The van der Waals surface area contributed by atoms with Gasteiger partial charge < -0.3 is 19.7 Å². The van der Waals surface area contributed by atoms with Gasteiger partial charge >= 0.3 is 156 Å². The number of phenols is 2. The van der Waals surface area contributed by atoms with Crippen molar-refractivity contribution in [2.45, 2.75) is 58.8 Å². The van der Waals surface area contributed by atoms with Crippen molar-refractivity contribution in [1.82, 2.24) is 0 Å². The van der Waals surface area contributed by atoms with Gasteiger partial charge in [0.15, 0.2) is 11.5 Å². The number of hydrogen-bond acceptors (Lipinski definition) is 5. The number of nitrogens with zero attached hydrogens (tertiary/aromatic N) is 1. The van der Waals surface area contributed by atoms with Crippen molar-refractivity contribution >= 4 is 10.1 Å². The second-order valence-electron chi connectivity index (χ2n) is 13.9. The largest absolute Gasteiger partial charge is 0.507 e. The maximum Gasteiger partial charge on any atom is 0.200 e. The first-order valence-electron chi connectivity index (χ1n) is 18.2. The third-order valence-corrected chi connectivity index (χ3v) is 11.4. The number of aromatic hydroxyl groups is 2. The van der Waals surface area contributed by atoms with Gasteiger partial charge in [-0.05, 0) is 23.3 Å². The van der Waals surface area contributed by atoms with Crippen LogP contribution in [0.15, 0.2) is 149 Å². The van der Waals surface area contributed by atoms with E-state index in [9.17, 15) is 10.2 Å². The maximum absolute atomic E-state index is 10.5. The summed E-state index contributed by atoms with van der Waals surface area (Å²) in [5, 5.41) is 19.8. The van der Waals surface area contributed by atoms with E-state index in [-0.39, 0.29) is 11.2 Å². The number of ether oxygens (including phenoxy) is 2. The Morgan fingerprint density at radius 1 is 0.537 bits per heavy atom. The first kappa shape index (κ1) is 41.6. The molecule has 280 valence electrons. The SMILES string of the molecule is CC(C)c1cccc(C(C)C)c1[N]=[Mo]=[CH]C(C)(C)c1ccccc1.COc1cccc(OC)c1O.Oc1c(-c2ccccc2)cccc1-c1ccccc1. The molecule has 0 saturated heterocycles. The zero-order valence-corrected chi connectivity index (χ0v) is 34.7. The van der Waals surface area contributed by atoms with E-state index in [1.807, 2.05) is 78.9 Å². The summed E-state index contributed by atoms with van der Waals surface area (Å²) < 4.78 is 17.3. The van der Waals surface area contributed by atoms with Crippen LogP contribution < -0.4 is 9.47 Å². The van der Waals surface area contributed by atoms with Crippen LogP contribution in [0.25, 0.3) is 22.3 Å².